The van der Waals surface area contributed by atoms with Crippen LogP contribution in [0.1, 0.15) is 11.1 Å². The second-order valence-electron chi connectivity index (χ2n) is 9.16. The molecule has 0 bridgehead atoms. The van der Waals surface area contributed by atoms with E-state index in [9.17, 15) is 30.6 Å². The summed E-state index contributed by atoms with van der Waals surface area (Å²) < 4.78 is 21.5. The molecule has 2 aromatic carbocycles. The van der Waals surface area contributed by atoms with Gasteiger partial charge in [0.25, 0.3) is 0 Å². The Labute approximate surface area is 219 Å². The highest BCUT2D eigenvalue weighted by Gasteiger charge is 2.45. The van der Waals surface area contributed by atoms with Crippen LogP contribution in [0.2, 0.25) is 0 Å². The summed E-state index contributed by atoms with van der Waals surface area (Å²) in [6, 6.07) is 14.3. The Morgan fingerprint density at radius 1 is 0.553 bits per heavy atom. The quantitative estimate of drug-likeness (QED) is 0.208. The van der Waals surface area contributed by atoms with Gasteiger partial charge in [0, 0.05) is 0 Å². The molecule has 2 aliphatic heterocycles. The molecule has 2 saturated heterocycles. The lowest BCUT2D eigenvalue weighted by Gasteiger charge is -2.39. The van der Waals surface area contributed by atoms with Crippen LogP contribution in [0.5, 0.6) is 11.5 Å². The minimum absolute atomic E-state index is 0.474. The first kappa shape index (κ1) is 30.2. The Morgan fingerprint density at radius 3 is 1.21 bits per heavy atom. The number of aliphatic hydroxyl groups is 8. The number of hydrogen-bond donors (Lipinski definition) is 8. The third-order valence-corrected chi connectivity index (χ3v) is 6.37. The largest absolute Gasteiger partial charge is 0.462 e. The highest BCUT2D eigenvalue weighted by molar-refractivity contribution is 5.32. The maximum atomic E-state index is 9.83. The standard InChI is InChI=1S/2C13H18O6/c2*1-7-4-2-3-5-8(7)18-13-12(17)11(16)10(15)9(6-14)19-13/h2*2-5,9-17H,6H2,1H3. The summed E-state index contributed by atoms with van der Waals surface area (Å²) >= 11 is 0. The molecule has 2 aromatic rings. The zero-order chi connectivity index (χ0) is 28.0. The third kappa shape index (κ3) is 6.98. The van der Waals surface area contributed by atoms with Gasteiger partial charge in [-0.3, -0.25) is 0 Å². The number of ether oxygens (including phenoxy) is 4. The summed E-state index contributed by atoms with van der Waals surface area (Å²) in [4.78, 5) is 0. The van der Waals surface area contributed by atoms with Gasteiger partial charge < -0.3 is 59.8 Å². The van der Waals surface area contributed by atoms with Crippen molar-refractivity contribution in [2.24, 2.45) is 0 Å². The Balaban J connectivity index is 0.000000211. The fourth-order valence-corrected chi connectivity index (χ4v) is 3.96. The predicted molar refractivity (Wildman–Crippen MR) is 131 cm³/mol. The number of hydrogen-bond acceptors (Lipinski definition) is 12. The van der Waals surface area contributed by atoms with Crippen molar-refractivity contribution in [1.29, 1.82) is 0 Å². The Bertz CT molecular complexity index is 922. The summed E-state index contributed by atoms with van der Waals surface area (Å²) in [5, 5.41) is 76.4. The first-order chi connectivity index (χ1) is 18.1. The van der Waals surface area contributed by atoms with Crippen LogP contribution in [0.4, 0.5) is 0 Å². The minimum atomic E-state index is -1.43. The van der Waals surface area contributed by atoms with Crippen molar-refractivity contribution in [1.82, 2.24) is 0 Å². The summed E-state index contributed by atoms with van der Waals surface area (Å²) in [5.74, 6) is 1.01. The average molecular weight is 541 g/mol. The number of benzene rings is 2. The second kappa shape index (κ2) is 13.6. The van der Waals surface area contributed by atoms with Crippen LogP contribution in [-0.4, -0.2) is 115 Å². The molecule has 0 saturated carbocycles. The zero-order valence-electron chi connectivity index (χ0n) is 21.0. The van der Waals surface area contributed by atoms with Crippen molar-refractivity contribution in [2.75, 3.05) is 13.2 Å². The number of para-hydroxylation sites is 2. The van der Waals surface area contributed by atoms with E-state index in [1.807, 2.05) is 38.1 Å². The number of aryl methyl sites for hydroxylation is 2. The second-order valence-corrected chi connectivity index (χ2v) is 9.16. The highest BCUT2D eigenvalue weighted by atomic mass is 16.7. The van der Waals surface area contributed by atoms with Crippen LogP contribution < -0.4 is 9.47 Å². The van der Waals surface area contributed by atoms with Gasteiger partial charge in [0.1, 0.15) is 60.3 Å². The van der Waals surface area contributed by atoms with Crippen LogP contribution in [0.3, 0.4) is 0 Å². The summed E-state index contributed by atoms with van der Waals surface area (Å²) in [6.07, 6.45) is -12.6. The summed E-state index contributed by atoms with van der Waals surface area (Å²) in [6.45, 7) is 2.72. The van der Waals surface area contributed by atoms with E-state index in [0.29, 0.717) is 11.5 Å². The Hall–Kier alpha value is -2.36. The third-order valence-electron chi connectivity index (χ3n) is 6.37. The molecule has 212 valence electrons. The summed E-state index contributed by atoms with van der Waals surface area (Å²) in [7, 11) is 0. The van der Waals surface area contributed by atoms with Gasteiger partial charge in [-0.05, 0) is 37.1 Å². The molecule has 2 heterocycles. The molecule has 10 unspecified atom stereocenters. The van der Waals surface area contributed by atoms with E-state index >= 15 is 0 Å². The molecule has 0 spiro atoms. The normalized spacial score (nSPS) is 35.1. The molecule has 4 rings (SSSR count). The van der Waals surface area contributed by atoms with Crippen LogP contribution in [-0.2, 0) is 9.47 Å². The van der Waals surface area contributed by atoms with Gasteiger partial charge in [-0.1, -0.05) is 36.4 Å². The van der Waals surface area contributed by atoms with E-state index in [1.54, 1.807) is 24.3 Å². The molecule has 10 atom stereocenters. The highest BCUT2D eigenvalue weighted by Crippen LogP contribution is 2.27. The van der Waals surface area contributed by atoms with Gasteiger partial charge >= 0.3 is 0 Å². The van der Waals surface area contributed by atoms with Gasteiger partial charge in [0.2, 0.25) is 12.6 Å². The van der Waals surface area contributed by atoms with Crippen LogP contribution in [0, 0.1) is 13.8 Å². The van der Waals surface area contributed by atoms with Crippen molar-refractivity contribution in [2.45, 2.75) is 75.3 Å². The van der Waals surface area contributed by atoms with Crippen molar-refractivity contribution in [3.05, 3.63) is 59.7 Å². The van der Waals surface area contributed by atoms with Gasteiger partial charge in [0.05, 0.1) is 13.2 Å². The van der Waals surface area contributed by atoms with E-state index in [0.717, 1.165) is 11.1 Å². The molecular formula is C26H36O12. The van der Waals surface area contributed by atoms with Gasteiger partial charge in [-0.2, -0.15) is 0 Å². The van der Waals surface area contributed by atoms with Crippen LogP contribution in [0.25, 0.3) is 0 Å². The average Bonchev–Trinajstić information content (AvgIpc) is 2.92. The lowest BCUT2D eigenvalue weighted by Crippen LogP contribution is -2.60. The van der Waals surface area contributed by atoms with E-state index in [-0.39, 0.29) is 0 Å². The zero-order valence-corrected chi connectivity index (χ0v) is 21.0. The topological polar surface area (TPSA) is 199 Å². The van der Waals surface area contributed by atoms with Gasteiger partial charge in [-0.25, -0.2) is 0 Å². The van der Waals surface area contributed by atoms with E-state index in [1.165, 1.54) is 0 Å². The van der Waals surface area contributed by atoms with Crippen molar-refractivity contribution in [3.63, 3.8) is 0 Å². The fourth-order valence-electron chi connectivity index (χ4n) is 3.96. The van der Waals surface area contributed by atoms with E-state index < -0.39 is 74.6 Å². The fraction of sp³-hybridized carbons (Fsp3) is 0.538. The summed E-state index contributed by atoms with van der Waals surface area (Å²) in [5.41, 5.74) is 1.69. The molecule has 2 aliphatic rings. The monoisotopic (exact) mass is 540 g/mol. The van der Waals surface area contributed by atoms with E-state index in [4.69, 9.17) is 29.2 Å². The lowest BCUT2D eigenvalue weighted by atomic mass is 9.99. The Morgan fingerprint density at radius 2 is 0.895 bits per heavy atom. The Kier molecular flexibility index (Phi) is 10.8. The molecule has 12 heteroatoms. The minimum Gasteiger partial charge on any atom is -0.462 e. The number of rotatable bonds is 6. The number of aliphatic hydroxyl groups excluding tert-OH is 8. The first-order valence-electron chi connectivity index (χ1n) is 12.1. The molecule has 38 heavy (non-hydrogen) atoms. The molecule has 0 aliphatic carbocycles. The van der Waals surface area contributed by atoms with Crippen molar-refractivity contribution < 1.29 is 59.8 Å². The maximum Gasteiger partial charge on any atom is 0.229 e. The van der Waals surface area contributed by atoms with Crippen LogP contribution in [0.15, 0.2) is 48.5 Å². The molecular weight excluding hydrogens is 504 g/mol. The van der Waals surface area contributed by atoms with Gasteiger partial charge in [0.15, 0.2) is 0 Å². The molecule has 0 radical (unpaired) electrons. The molecule has 12 nitrogen and oxygen atoms in total. The van der Waals surface area contributed by atoms with Crippen molar-refractivity contribution >= 4 is 0 Å². The first-order valence-corrected chi connectivity index (χ1v) is 12.1. The van der Waals surface area contributed by atoms with E-state index in [2.05, 4.69) is 0 Å². The molecule has 8 N–H and O–H groups in total. The SMILES string of the molecule is Cc1ccccc1OC1OC(CO)C(O)C(O)C1O.Cc1ccccc1OC1OC(CO)C(O)C(O)C1O. The van der Waals surface area contributed by atoms with Gasteiger partial charge in [-0.15, -0.1) is 0 Å². The van der Waals surface area contributed by atoms with Crippen molar-refractivity contribution in [3.8, 4) is 11.5 Å². The smallest absolute Gasteiger partial charge is 0.229 e. The predicted octanol–water partition coefficient (Wildman–Crippen LogP) is -1.65. The lowest BCUT2D eigenvalue weighted by molar-refractivity contribution is -0.277. The maximum absolute atomic E-state index is 9.83. The molecule has 0 amide bonds. The molecule has 0 aromatic heterocycles. The molecule has 2 fully saturated rings. The van der Waals surface area contributed by atoms with Crippen LogP contribution >= 0.6 is 0 Å².